The monoisotopic (exact) mass is 426 g/mol. The van der Waals surface area contributed by atoms with Gasteiger partial charge in [-0.05, 0) is 36.4 Å². The fourth-order valence-electron chi connectivity index (χ4n) is 2.48. The van der Waals surface area contributed by atoms with Gasteiger partial charge in [0.25, 0.3) is 0 Å². The largest absolute Gasteiger partial charge is 0.465 e. The Bertz CT molecular complexity index is 911. The standard InChI is InChI=1S/C18H12Cl2O4S2/c1-23-17(21)11-7-10(14-4-6-16(20)26-14)12(18(22)24-2)8-9(11)13-3-5-15(19)25-13/h3-8H,1-2H3. The Labute approximate surface area is 167 Å². The van der Waals surface area contributed by atoms with Crippen LogP contribution in [0.5, 0.6) is 0 Å². The Hall–Kier alpha value is -1.86. The Morgan fingerprint density at radius 2 is 1.15 bits per heavy atom. The molecular weight excluding hydrogens is 415 g/mol. The molecule has 8 heteroatoms. The van der Waals surface area contributed by atoms with Crippen molar-refractivity contribution < 1.29 is 19.1 Å². The lowest BCUT2D eigenvalue weighted by atomic mass is 9.96. The maximum Gasteiger partial charge on any atom is 0.338 e. The van der Waals surface area contributed by atoms with Crippen LogP contribution in [0, 0.1) is 0 Å². The van der Waals surface area contributed by atoms with E-state index in [0.717, 1.165) is 9.75 Å². The minimum atomic E-state index is -0.509. The summed E-state index contributed by atoms with van der Waals surface area (Å²) >= 11 is 14.7. The third-order valence-corrected chi connectivity index (χ3v) is 6.17. The highest BCUT2D eigenvalue weighted by Gasteiger charge is 2.23. The maximum absolute atomic E-state index is 12.4. The quantitative estimate of drug-likeness (QED) is 0.478. The van der Waals surface area contributed by atoms with E-state index in [1.54, 1.807) is 36.4 Å². The summed E-state index contributed by atoms with van der Waals surface area (Å²) in [5.41, 5.74) is 1.78. The maximum atomic E-state index is 12.4. The highest BCUT2D eigenvalue weighted by molar-refractivity contribution is 7.19. The van der Waals surface area contributed by atoms with Crippen LogP contribution in [0.15, 0.2) is 36.4 Å². The first-order valence-corrected chi connectivity index (χ1v) is 9.69. The highest BCUT2D eigenvalue weighted by atomic mass is 35.5. The van der Waals surface area contributed by atoms with Gasteiger partial charge in [-0.3, -0.25) is 0 Å². The Morgan fingerprint density at radius 1 is 0.769 bits per heavy atom. The second-order valence-electron chi connectivity index (χ2n) is 5.13. The van der Waals surface area contributed by atoms with E-state index in [9.17, 15) is 9.59 Å². The second kappa shape index (κ2) is 7.80. The number of esters is 2. The lowest BCUT2D eigenvalue weighted by Gasteiger charge is -2.13. The fraction of sp³-hybridized carbons (Fsp3) is 0.111. The summed E-state index contributed by atoms with van der Waals surface area (Å²) in [5.74, 6) is -1.02. The van der Waals surface area contributed by atoms with Gasteiger partial charge in [0.1, 0.15) is 0 Å². The number of ether oxygens (including phenoxy) is 2. The summed E-state index contributed by atoms with van der Waals surface area (Å²) in [5, 5.41) is 0. The molecular formula is C18H12Cl2O4S2. The first kappa shape index (κ1) is 18.9. The molecule has 4 nitrogen and oxygen atoms in total. The van der Waals surface area contributed by atoms with Gasteiger partial charge in [0.2, 0.25) is 0 Å². The number of hydrogen-bond donors (Lipinski definition) is 0. The van der Waals surface area contributed by atoms with Crippen molar-refractivity contribution in [3.63, 3.8) is 0 Å². The van der Waals surface area contributed by atoms with Crippen molar-refractivity contribution in [2.45, 2.75) is 0 Å². The van der Waals surface area contributed by atoms with Gasteiger partial charge in [-0.2, -0.15) is 0 Å². The number of methoxy groups -OCH3 is 2. The van der Waals surface area contributed by atoms with Crippen LogP contribution in [0.1, 0.15) is 20.7 Å². The first-order chi connectivity index (χ1) is 12.4. The molecule has 0 saturated heterocycles. The van der Waals surface area contributed by atoms with E-state index in [2.05, 4.69) is 0 Å². The van der Waals surface area contributed by atoms with Gasteiger partial charge < -0.3 is 9.47 Å². The predicted molar refractivity (Wildman–Crippen MR) is 106 cm³/mol. The average molecular weight is 427 g/mol. The molecule has 3 rings (SSSR count). The number of carbonyl (C=O) groups excluding carboxylic acids is 2. The molecule has 2 heterocycles. The van der Waals surface area contributed by atoms with Crippen molar-refractivity contribution in [2.24, 2.45) is 0 Å². The molecule has 0 bridgehead atoms. The molecule has 26 heavy (non-hydrogen) atoms. The number of rotatable bonds is 4. The zero-order chi connectivity index (χ0) is 18.8. The topological polar surface area (TPSA) is 52.6 Å². The molecule has 0 aliphatic rings. The summed E-state index contributed by atoms with van der Waals surface area (Å²) in [6, 6.07) is 10.3. The number of carbonyl (C=O) groups is 2. The summed E-state index contributed by atoms with van der Waals surface area (Å²) in [7, 11) is 2.62. The zero-order valence-electron chi connectivity index (χ0n) is 13.7. The second-order valence-corrected chi connectivity index (χ2v) is 8.56. The van der Waals surface area contributed by atoms with Gasteiger partial charge >= 0.3 is 11.9 Å². The third-order valence-electron chi connectivity index (χ3n) is 3.65. The van der Waals surface area contributed by atoms with E-state index in [-0.39, 0.29) is 0 Å². The molecule has 0 radical (unpaired) electrons. The SMILES string of the molecule is COC(=O)c1cc(-c2ccc(Cl)s2)c(C(=O)OC)cc1-c1ccc(Cl)s1. The summed E-state index contributed by atoms with van der Waals surface area (Å²) in [6.07, 6.45) is 0. The zero-order valence-corrected chi connectivity index (χ0v) is 16.8. The van der Waals surface area contributed by atoms with Gasteiger partial charge in [0.05, 0.1) is 34.0 Å². The number of benzene rings is 1. The molecule has 0 spiro atoms. The lowest BCUT2D eigenvalue weighted by molar-refractivity contribution is 0.0588. The molecule has 0 unspecified atom stereocenters. The van der Waals surface area contributed by atoms with Gasteiger partial charge in [0, 0.05) is 20.9 Å². The van der Waals surface area contributed by atoms with Gasteiger partial charge in [-0.25, -0.2) is 9.59 Å². The van der Waals surface area contributed by atoms with Crippen molar-refractivity contribution in [3.8, 4) is 20.9 Å². The summed E-state index contributed by atoms with van der Waals surface area (Å²) in [6.45, 7) is 0. The smallest absolute Gasteiger partial charge is 0.338 e. The van der Waals surface area contributed by atoms with Crippen LogP contribution in [0.2, 0.25) is 8.67 Å². The van der Waals surface area contributed by atoms with Crippen molar-refractivity contribution >= 4 is 57.8 Å². The van der Waals surface area contributed by atoms with Crippen molar-refractivity contribution in [3.05, 3.63) is 56.2 Å². The van der Waals surface area contributed by atoms with Crippen molar-refractivity contribution in [1.82, 2.24) is 0 Å². The van der Waals surface area contributed by atoms with E-state index >= 15 is 0 Å². The van der Waals surface area contributed by atoms with Gasteiger partial charge in [-0.15, -0.1) is 22.7 Å². The molecule has 0 amide bonds. The fourth-order valence-corrected chi connectivity index (χ4v) is 4.63. The van der Waals surface area contributed by atoms with Crippen LogP contribution in [0.3, 0.4) is 0 Å². The lowest BCUT2D eigenvalue weighted by Crippen LogP contribution is -2.09. The number of hydrogen-bond acceptors (Lipinski definition) is 6. The molecule has 0 fully saturated rings. The minimum Gasteiger partial charge on any atom is -0.465 e. The van der Waals surface area contributed by atoms with E-state index in [1.165, 1.54) is 36.9 Å². The molecule has 0 saturated carbocycles. The average Bonchev–Trinajstić information content (AvgIpc) is 3.27. The van der Waals surface area contributed by atoms with Crippen LogP contribution < -0.4 is 0 Å². The van der Waals surface area contributed by atoms with E-state index in [1.807, 2.05) is 0 Å². The Kier molecular flexibility index (Phi) is 5.67. The molecule has 0 aliphatic carbocycles. The van der Waals surface area contributed by atoms with Crippen LogP contribution in [-0.4, -0.2) is 26.2 Å². The first-order valence-electron chi connectivity index (χ1n) is 7.30. The molecule has 3 aromatic rings. The van der Waals surface area contributed by atoms with Crippen LogP contribution >= 0.6 is 45.9 Å². The summed E-state index contributed by atoms with van der Waals surface area (Å²) in [4.78, 5) is 26.2. The highest BCUT2D eigenvalue weighted by Crippen LogP contribution is 2.40. The number of thiophene rings is 2. The normalized spacial score (nSPS) is 10.6. The Morgan fingerprint density at radius 3 is 1.42 bits per heavy atom. The van der Waals surface area contributed by atoms with Gasteiger partial charge in [0.15, 0.2) is 0 Å². The van der Waals surface area contributed by atoms with Crippen LogP contribution in [0.25, 0.3) is 20.9 Å². The van der Waals surface area contributed by atoms with Gasteiger partial charge in [-0.1, -0.05) is 23.2 Å². The van der Waals surface area contributed by atoms with Crippen molar-refractivity contribution in [2.75, 3.05) is 14.2 Å². The number of halogens is 2. The molecule has 0 N–H and O–H groups in total. The van der Waals surface area contributed by atoms with Crippen LogP contribution in [-0.2, 0) is 9.47 Å². The van der Waals surface area contributed by atoms with E-state index in [4.69, 9.17) is 32.7 Å². The predicted octanol–water partition coefficient (Wildman–Crippen LogP) is 6.02. The van der Waals surface area contributed by atoms with Crippen LogP contribution in [0.4, 0.5) is 0 Å². The molecule has 1 aromatic carbocycles. The van der Waals surface area contributed by atoms with E-state index in [0.29, 0.717) is 30.9 Å². The third kappa shape index (κ3) is 3.64. The minimum absolute atomic E-state index is 0.332. The molecule has 134 valence electrons. The van der Waals surface area contributed by atoms with E-state index < -0.39 is 11.9 Å². The molecule has 0 atom stereocenters. The molecule has 2 aromatic heterocycles. The summed E-state index contributed by atoms with van der Waals surface area (Å²) < 4.78 is 11.0. The Balaban J connectivity index is 2.31. The molecule has 0 aliphatic heterocycles. The van der Waals surface area contributed by atoms with Crippen molar-refractivity contribution in [1.29, 1.82) is 0 Å².